The molecule has 0 spiro atoms. The third-order valence-corrected chi connectivity index (χ3v) is 5.63. The number of imidazole rings is 1. The molecule has 2 aromatic heterocycles. The van der Waals surface area contributed by atoms with Crippen LogP contribution in [0, 0.1) is 11.8 Å². The summed E-state index contributed by atoms with van der Waals surface area (Å²) in [7, 11) is 2.08. The molecule has 1 fully saturated rings. The number of carbonyl (C=O) groups is 1. The molecule has 4 rings (SSSR count). The zero-order chi connectivity index (χ0) is 25.5. The molecule has 11 heteroatoms. The first-order valence-corrected chi connectivity index (χ1v) is 11.3. The Morgan fingerprint density at radius 3 is 2.69 bits per heavy atom. The highest BCUT2D eigenvalue weighted by Crippen LogP contribution is 2.32. The number of hydrogen-bond donors (Lipinski definition) is 2. The molecule has 2 N–H and O–H groups in total. The van der Waals surface area contributed by atoms with Gasteiger partial charge in [-0.05, 0) is 37.4 Å². The van der Waals surface area contributed by atoms with Gasteiger partial charge in [-0.2, -0.15) is 13.2 Å². The number of piperazine rings is 1. The standard InChI is InChI=1S/C25H25F3N6O2/c1-33-9-11-34(12-10-33)13-14-36-21-6-5-19(24-30-17-22(32-24)25(26,27)28)15-20(21)31-23(35)7-4-18-3-2-8-29-16-18/h2-3,5-6,8,15-17H,9-14H2,1H3,(H,30,32)(H,31,35). The predicted molar refractivity (Wildman–Crippen MR) is 128 cm³/mol. The molecule has 1 aliphatic heterocycles. The minimum absolute atomic E-state index is 0.0169. The summed E-state index contributed by atoms with van der Waals surface area (Å²) in [5.41, 5.74) is 0.243. The smallest absolute Gasteiger partial charge is 0.432 e. The quantitative estimate of drug-likeness (QED) is 0.508. The molecule has 0 bridgehead atoms. The van der Waals surface area contributed by atoms with E-state index < -0.39 is 17.8 Å². The van der Waals surface area contributed by atoms with Gasteiger partial charge in [0.15, 0.2) is 0 Å². The summed E-state index contributed by atoms with van der Waals surface area (Å²) in [6, 6.07) is 8.11. The van der Waals surface area contributed by atoms with Gasteiger partial charge in [-0.15, -0.1) is 0 Å². The summed E-state index contributed by atoms with van der Waals surface area (Å²) in [6.07, 6.45) is -0.686. The van der Waals surface area contributed by atoms with Gasteiger partial charge in [0, 0.05) is 62.2 Å². The molecule has 188 valence electrons. The lowest BCUT2D eigenvalue weighted by atomic mass is 10.1. The highest BCUT2D eigenvalue weighted by molar-refractivity contribution is 6.05. The lowest BCUT2D eigenvalue weighted by Crippen LogP contribution is -2.45. The fraction of sp³-hybridized carbons (Fsp3) is 0.320. The monoisotopic (exact) mass is 498 g/mol. The molecule has 1 saturated heterocycles. The van der Waals surface area contributed by atoms with E-state index in [4.69, 9.17) is 4.74 Å². The summed E-state index contributed by atoms with van der Waals surface area (Å²) in [5, 5.41) is 2.68. The Balaban J connectivity index is 1.51. The van der Waals surface area contributed by atoms with Gasteiger partial charge in [0.2, 0.25) is 0 Å². The molecule has 0 radical (unpaired) electrons. The van der Waals surface area contributed by atoms with Gasteiger partial charge >= 0.3 is 12.1 Å². The number of carbonyl (C=O) groups excluding carboxylic acids is 1. The average molecular weight is 499 g/mol. The fourth-order valence-electron chi connectivity index (χ4n) is 3.59. The molecule has 1 aliphatic rings. The summed E-state index contributed by atoms with van der Waals surface area (Å²) >= 11 is 0. The largest absolute Gasteiger partial charge is 0.490 e. The molecule has 1 aromatic carbocycles. The van der Waals surface area contributed by atoms with E-state index in [1.54, 1.807) is 30.5 Å². The van der Waals surface area contributed by atoms with Gasteiger partial charge in [-0.1, -0.05) is 5.92 Å². The van der Waals surface area contributed by atoms with Crippen molar-refractivity contribution in [2.75, 3.05) is 51.7 Å². The van der Waals surface area contributed by atoms with Crippen molar-refractivity contribution in [1.82, 2.24) is 24.8 Å². The Kier molecular flexibility index (Phi) is 7.87. The van der Waals surface area contributed by atoms with Crippen molar-refractivity contribution in [1.29, 1.82) is 0 Å². The molecular weight excluding hydrogens is 473 g/mol. The Bertz CT molecular complexity index is 1240. The number of pyridine rings is 1. The van der Waals surface area contributed by atoms with Crippen LogP contribution in [-0.2, 0) is 11.0 Å². The maximum absolute atomic E-state index is 13.0. The number of alkyl halides is 3. The normalized spacial score (nSPS) is 14.7. The van der Waals surface area contributed by atoms with E-state index in [0.29, 0.717) is 30.0 Å². The number of ether oxygens (including phenoxy) is 1. The van der Waals surface area contributed by atoms with Crippen molar-refractivity contribution in [2.45, 2.75) is 6.18 Å². The number of aromatic amines is 1. The summed E-state index contributed by atoms with van der Waals surface area (Å²) in [6.45, 7) is 4.92. The number of H-pyrrole nitrogens is 1. The second-order valence-corrected chi connectivity index (χ2v) is 8.29. The van der Waals surface area contributed by atoms with Gasteiger partial charge in [0.1, 0.15) is 23.9 Å². The van der Waals surface area contributed by atoms with E-state index in [1.807, 2.05) is 0 Å². The number of nitrogens with zero attached hydrogens (tertiary/aromatic N) is 4. The first-order chi connectivity index (χ1) is 17.3. The van der Waals surface area contributed by atoms with Crippen molar-refractivity contribution in [3.05, 3.63) is 60.2 Å². The van der Waals surface area contributed by atoms with E-state index in [1.165, 1.54) is 12.3 Å². The molecule has 36 heavy (non-hydrogen) atoms. The van der Waals surface area contributed by atoms with Crippen LogP contribution in [0.1, 0.15) is 11.3 Å². The van der Waals surface area contributed by atoms with Crippen LogP contribution in [0.4, 0.5) is 18.9 Å². The zero-order valence-electron chi connectivity index (χ0n) is 19.6. The minimum atomic E-state index is -4.55. The topological polar surface area (TPSA) is 86.4 Å². The first kappa shape index (κ1) is 25.2. The Labute approximate surface area is 206 Å². The molecule has 3 aromatic rings. The number of likely N-dealkylation sites (N-methyl/N-ethyl adjacent to an activating group) is 1. The maximum atomic E-state index is 13.0. The third-order valence-electron chi connectivity index (χ3n) is 5.63. The number of nitrogens with one attached hydrogen (secondary N) is 2. The van der Waals surface area contributed by atoms with Crippen molar-refractivity contribution in [3.63, 3.8) is 0 Å². The van der Waals surface area contributed by atoms with Crippen LogP contribution in [0.25, 0.3) is 11.4 Å². The number of aromatic nitrogens is 3. The molecule has 0 aliphatic carbocycles. The lowest BCUT2D eigenvalue weighted by molar-refractivity contribution is -0.140. The van der Waals surface area contributed by atoms with Crippen molar-refractivity contribution >= 4 is 11.6 Å². The molecule has 0 atom stereocenters. The molecule has 0 unspecified atom stereocenters. The number of amides is 1. The van der Waals surface area contributed by atoms with Crippen molar-refractivity contribution in [3.8, 4) is 29.0 Å². The number of halogens is 3. The van der Waals surface area contributed by atoms with Crippen LogP contribution < -0.4 is 10.1 Å². The molecule has 0 saturated carbocycles. The second-order valence-electron chi connectivity index (χ2n) is 8.29. The SMILES string of the molecule is CN1CCN(CCOc2ccc(-c3ncc(C(F)(F)F)[nH]3)cc2NC(=O)C#Cc2cccnc2)CC1. The highest BCUT2D eigenvalue weighted by atomic mass is 19.4. The van der Waals surface area contributed by atoms with Crippen LogP contribution in [0.2, 0.25) is 0 Å². The van der Waals surface area contributed by atoms with Crippen LogP contribution in [0.3, 0.4) is 0 Å². The Morgan fingerprint density at radius 1 is 1.19 bits per heavy atom. The Hall–Kier alpha value is -3.88. The van der Waals surface area contributed by atoms with Gasteiger partial charge < -0.3 is 19.9 Å². The van der Waals surface area contributed by atoms with E-state index >= 15 is 0 Å². The molecular formula is C25H25F3N6O2. The van der Waals surface area contributed by atoms with Crippen molar-refractivity contribution in [2.24, 2.45) is 0 Å². The third kappa shape index (κ3) is 6.84. The number of hydrogen-bond acceptors (Lipinski definition) is 6. The van der Waals surface area contributed by atoms with Crippen LogP contribution >= 0.6 is 0 Å². The maximum Gasteiger partial charge on any atom is 0.432 e. The van der Waals surface area contributed by atoms with Gasteiger partial charge in [-0.3, -0.25) is 14.7 Å². The fourth-order valence-corrected chi connectivity index (χ4v) is 3.59. The summed E-state index contributed by atoms with van der Waals surface area (Å²) in [4.78, 5) is 27.1. The first-order valence-electron chi connectivity index (χ1n) is 11.3. The van der Waals surface area contributed by atoms with Crippen molar-refractivity contribution < 1.29 is 22.7 Å². The van der Waals surface area contributed by atoms with E-state index in [0.717, 1.165) is 32.4 Å². The number of benzene rings is 1. The van der Waals surface area contributed by atoms with E-state index in [-0.39, 0.29) is 11.5 Å². The van der Waals surface area contributed by atoms with Crippen LogP contribution in [0.15, 0.2) is 48.9 Å². The highest BCUT2D eigenvalue weighted by Gasteiger charge is 2.33. The number of anilines is 1. The molecule has 8 nitrogen and oxygen atoms in total. The Morgan fingerprint density at radius 2 is 2.00 bits per heavy atom. The number of rotatable bonds is 6. The zero-order valence-corrected chi connectivity index (χ0v) is 19.6. The molecule has 3 heterocycles. The van der Waals surface area contributed by atoms with Crippen LogP contribution in [0.5, 0.6) is 5.75 Å². The second kappa shape index (κ2) is 11.2. The summed E-state index contributed by atoms with van der Waals surface area (Å²) < 4.78 is 44.9. The van der Waals surface area contributed by atoms with Gasteiger partial charge in [-0.25, -0.2) is 4.98 Å². The summed E-state index contributed by atoms with van der Waals surface area (Å²) in [5.74, 6) is 5.01. The van der Waals surface area contributed by atoms with Gasteiger partial charge in [0.25, 0.3) is 0 Å². The predicted octanol–water partition coefficient (Wildman–Crippen LogP) is 3.11. The average Bonchev–Trinajstić information content (AvgIpc) is 3.37. The van der Waals surface area contributed by atoms with E-state index in [2.05, 4.69) is 49.0 Å². The minimum Gasteiger partial charge on any atom is -0.490 e. The van der Waals surface area contributed by atoms with Gasteiger partial charge in [0.05, 0.1) is 11.9 Å². The van der Waals surface area contributed by atoms with Crippen LogP contribution in [-0.4, -0.2) is 77.0 Å². The molecule has 1 amide bonds. The van der Waals surface area contributed by atoms with E-state index in [9.17, 15) is 18.0 Å². The lowest BCUT2D eigenvalue weighted by Gasteiger charge is -2.32.